The summed E-state index contributed by atoms with van der Waals surface area (Å²) in [5, 5.41) is 37.2. The number of halogens is 1. The minimum absolute atomic E-state index is 0.0129. The molecule has 1 N–H and O–H groups in total. The van der Waals surface area contributed by atoms with Crippen molar-refractivity contribution in [1.29, 1.82) is 0 Å². The van der Waals surface area contributed by atoms with Gasteiger partial charge in [0.25, 0.3) is 5.69 Å². The zero-order chi connectivity index (χ0) is 24.1. The van der Waals surface area contributed by atoms with E-state index in [1.807, 2.05) is 11.5 Å². The van der Waals surface area contributed by atoms with Crippen molar-refractivity contribution in [2.24, 2.45) is 0 Å². The molecule has 2 heterocycles. The molecule has 2 aromatic heterocycles. The van der Waals surface area contributed by atoms with Gasteiger partial charge in [-0.15, -0.1) is 10.2 Å². The Morgan fingerprint density at radius 1 is 1.21 bits per heavy atom. The quantitative estimate of drug-likeness (QED) is 0.253. The highest BCUT2D eigenvalue weighted by Crippen LogP contribution is 2.27. The van der Waals surface area contributed by atoms with Crippen molar-refractivity contribution in [3.8, 4) is 0 Å². The highest BCUT2D eigenvalue weighted by atomic mass is 35.5. The van der Waals surface area contributed by atoms with Gasteiger partial charge in [0.15, 0.2) is 5.16 Å². The second-order valence-electron chi connectivity index (χ2n) is 6.78. The van der Waals surface area contributed by atoms with Gasteiger partial charge in [-0.2, -0.15) is 4.68 Å². The summed E-state index contributed by atoms with van der Waals surface area (Å²) in [5.41, 5.74) is 0.631. The smallest absolute Gasteiger partial charge is 0.358 e. The van der Waals surface area contributed by atoms with Crippen molar-refractivity contribution >= 4 is 46.5 Å². The molecule has 13 nitrogen and oxygen atoms in total. The molecule has 0 saturated heterocycles. The number of rotatable bonds is 10. The zero-order valence-corrected chi connectivity index (χ0v) is 19.2. The molecule has 3 rings (SSSR count). The van der Waals surface area contributed by atoms with Gasteiger partial charge in [-0.05, 0) is 30.9 Å². The average molecular weight is 495 g/mol. The summed E-state index contributed by atoms with van der Waals surface area (Å²) in [5.74, 6) is 0.0891. The van der Waals surface area contributed by atoms with Crippen molar-refractivity contribution in [3.05, 3.63) is 61.0 Å². The zero-order valence-electron chi connectivity index (χ0n) is 17.6. The molecule has 0 radical (unpaired) electrons. The Balaban J connectivity index is 1.61. The molecule has 0 fully saturated rings. The van der Waals surface area contributed by atoms with Crippen LogP contribution in [0, 0.1) is 27.2 Å². The SMILES string of the molecule is CCn1c(CCn2nc([N+](=O)[O-])cc2C)nnc1SCC(=O)Nc1ccc(Cl)c([N+](=O)[O-])c1. The van der Waals surface area contributed by atoms with Crippen LogP contribution in [0.3, 0.4) is 0 Å². The van der Waals surface area contributed by atoms with E-state index in [1.54, 1.807) is 11.6 Å². The topological polar surface area (TPSA) is 164 Å². The first-order valence-electron chi connectivity index (χ1n) is 9.67. The molecule has 15 heteroatoms. The van der Waals surface area contributed by atoms with E-state index in [1.165, 1.54) is 36.0 Å². The largest absolute Gasteiger partial charge is 0.390 e. The predicted octanol–water partition coefficient (Wildman–Crippen LogP) is 3.25. The molecule has 1 aromatic carbocycles. The molecule has 0 aliphatic carbocycles. The molecule has 3 aromatic rings. The minimum atomic E-state index is -0.624. The first kappa shape index (κ1) is 24.1. The number of amides is 1. The number of carbonyl (C=O) groups excluding carboxylic acids is 1. The Hall–Kier alpha value is -3.52. The van der Waals surface area contributed by atoms with Gasteiger partial charge in [0, 0.05) is 24.7 Å². The normalized spacial score (nSPS) is 10.9. The minimum Gasteiger partial charge on any atom is -0.358 e. The molecule has 33 heavy (non-hydrogen) atoms. The van der Waals surface area contributed by atoms with E-state index in [-0.39, 0.29) is 33.9 Å². The number of aryl methyl sites for hydroxylation is 3. The van der Waals surface area contributed by atoms with Crippen LogP contribution in [0.5, 0.6) is 0 Å². The van der Waals surface area contributed by atoms with E-state index in [0.29, 0.717) is 36.2 Å². The number of hydrogen-bond acceptors (Lipinski definition) is 9. The number of carbonyl (C=O) groups is 1. The van der Waals surface area contributed by atoms with Crippen LogP contribution in [-0.4, -0.2) is 46.1 Å². The van der Waals surface area contributed by atoms with Crippen LogP contribution in [0.1, 0.15) is 18.4 Å². The number of thioether (sulfide) groups is 1. The third-order valence-electron chi connectivity index (χ3n) is 4.57. The summed E-state index contributed by atoms with van der Waals surface area (Å²) in [6.45, 7) is 4.60. The van der Waals surface area contributed by atoms with Crippen molar-refractivity contribution < 1.29 is 14.6 Å². The standard InChI is InChI=1S/C18H19ClN8O5S/c1-3-24-15(6-7-25-11(2)8-16(23-25)27(31)32)21-22-18(24)33-10-17(28)20-12-4-5-13(19)14(9-12)26(29)30/h4-5,8-9H,3,6-7,10H2,1-2H3,(H,20,28). The van der Waals surface area contributed by atoms with Crippen LogP contribution in [-0.2, 0) is 24.3 Å². The van der Waals surface area contributed by atoms with E-state index >= 15 is 0 Å². The summed E-state index contributed by atoms with van der Waals surface area (Å²) in [7, 11) is 0. The van der Waals surface area contributed by atoms with Crippen LogP contribution < -0.4 is 5.32 Å². The van der Waals surface area contributed by atoms with Crippen molar-refractivity contribution in [2.45, 2.75) is 38.5 Å². The maximum atomic E-state index is 12.3. The number of nitrogens with zero attached hydrogens (tertiary/aromatic N) is 7. The lowest BCUT2D eigenvalue weighted by molar-refractivity contribution is -0.389. The van der Waals surface area contributed by atoms with Crippen LogP contribution in [0.25, 0.3) is 0 Å². The van der Waals surface area contributed by atoms with Crippen LogP contribution >= 0.6 is 23.4 Å². The van der Waals surface area contributed by atoms with Gasteiger partial charge in [-0.25, -0.2) is 0 Å². The van der Waals surface area contributed by atoms with Gasteiger partial charge < -0.3 is 20.0 Å². The van der Waals surface area contributed by atoms with Gasteiger partial charge in [0.05, 0.1) is 34.1 Å². The van der Waals surface area contributed by atoms with Crippen molar-refractivity contribution in [2.75, 3.05) is 11.1 Å². The maximum absolute atomic E-state index is 12.3. The second-order valence-corrected chi connectivity index (χ2v) is 8.13. The fourth-order valence-electron chi connectivity index (χ4n) is 3.00. The van der Waals surface area contributed by atoms with Gasteiger partial charge in [0.2, 0.25) is 5.91 Å². The average Bonchev–Trinajstić information content (AvgIpc) is 3.34. The van der Waals surface area contributed by atoms with Gasteiger partial charge in [0.1, 0.15) is 10.8 Å². The van der Waals surface area contributed by atoms with E-state index < -0.39 is 9.85 Å². The molecule has 0 bridgehead atoms. The first-order valence-corrected chi connectivity index (χ1v) is 11.0. The summed E-state index contributed by atoms with van der Waals surface area (Å²) in [4.78, 5) is 33.0. The van der Waals surface area contributed by atoms with Crippen LogP contribution in [0.15, 0.2) is 29.4 Å². The Morgan fingerprint density at radius 2 is 1.97 bits per heavy atom. The number of nitro groups is 2. The second kappa shape index (κ2) is 10.4. The number of aromatic nitrogens is 5. The van der Waals surface area contributed by atoms with Gasteiger partial charge >= 0.3 is 5.82 Å². The van der Waals surface area contributed by atoms with E-state index in [2.05, 4.69) is 20.6 Å². The third kappa shape index (κ3) is 5.84. The van der Waals surface area contributed by atoms with E-state index in [4.69, 9.17) is 11.6 Å². The summed E-state index contributed by atoms with van der Waals surface area (Å²) >= 11 is 6.95. The molecule has 1 amide bonds. The van der Waals surface area contributed by atoms with Crippen molar-refractivity contribution in [1.82, 2.24) is 24.5 Å². The highest BCUT2D eigenvalue weighted by Gasteiger charge is 2.18. The number of nitrogens with one attached hydrogen (secondary N) is 1. The molecule has 174 valence electrons. The summed E-state index contributed by atoms with van der Waals surface area (Å²) < 4.78 is 3.39. The Labute approximate surface area is 196 Å². The fraction of sp³-hybridized carbons (Fsp3) is 0.333. The molecule has 0 aliphatic rings. The summed E-state index contributed by atoms with van der Waals surface area (Å²) in [6, 6.07) is 5.42. The lowest BCUT2D eigenvalue weighted by Gasteiger charge is -2.08. The lowest BCUT2D eigenvalue weighted by atomic mass is 10.3. The Morgan fingerprint density at radius 3 is 2.61 bits per heavy atom. The van der Waals surface area contributed by atoms with Crippen LogP contribution in [0.4, 0.5) is 17.2 Å². The third-order valence-corrected chi connectivity index (χ3v) is 5.86. The molecule has 0 spiro atoms. The molecular weight excluding hydrogens is 476 g/mol. The molecular formula is C18H19ClN8O5S. The summed E-state index contributed by atoms with van der Waals surface area (Å²) in [6.07, 6.45) is 0.446. The van der Waals surface area contributed by atoms with Gasteiger partial charge in [-0.3, -0.25) is 14.9 Å². The first-order chi connectivity index (χ1) is 15.7. The molecule has 0 saturated carbocycles. The number of anilines is 1. The Bertz CT molecular complexity index is 1210. The van der Waals surface area contributed by atoms with Gasteiger partial charge in [-0.1, -0.05) is 23.4 Å². The monoisotopic (exact) mass is 494 g/mol. The van der Waals surface area contributed by atoms with E-state index in [0.717, 1.165) is 0 Å². The molecule has 0 aliphatic heterocycles. The predicted molar refractivity (Wildman–Crippen MR) is 120 cm³/mol. The lowest BCUT2D eigenvalue weighted by Crippen LogP contribution is -2.15. The Kier molecular flexibility index (Phi) is 7.60. The number of nitro benzene ring substituents is 1. The molecule has 0 atom stereocenters. The number of hydrogen-bond donors (Lipinski definition) is 1. The van der Waals surface area contributed by atoms with E-state index in [9.17, 15) is 25.0 Å². The fourth-order valence-corrected chi connectivity index (χ4v) is 4.01. The molecule has 0 unspecified atom stereocenters. The van der Waals surface area contributed by atoms with Crippen LogP contribution in [0.2, 0.25) is 5.02 Å². The highest BCUT2D eigenvalue weighted by molar-refractivity contribution is 7.99. The number of benzene rings is 1. The van der Waals surface area contributed by atoms with Crippen molar-refractivity contribution in [3.63, 3.8) is 0 Å². The maximum Gasteiger partial charge on any atom is 0.390 e.